The van der Waals surface area contributed by atoms with Crippen molar-refractivity contribution >= 4 is 19.2 Å². The first kappa shape index (κ1) is 16.2. The zero-order valence-electron chi connectivity index (χ0n) is 13.8. The third kappa shape index (κ3) is 3.55. The van der Waals surface area contributed by atoms with E-state index in [0.717, 1.165) is 34.3 Å². The van der Waals surface area contributed by atoms with Crippen LogP contribution in [0.25, 0.3) is 0 Å². The highest BCUT2D eigenvalue weighted by atomic mass is 31.1. The van der Waals surface area contributed by atoms with Gasteiger partial charge in [-0.2, -0.15) is 0 Å². The van der Waals surface area contributed by atoms with Crippen molar-refractivity contribution in [3.8, 4) is 0 Å². The van der Waals surface area contributed by atoms with Crippen LogP contribution in [-0.2, 0) is 25.7 Å². The Labute approximate surface area is 131 Å². The van der Waals surface area contributed by atoms with Crippen LogP contribution in [0.1, 0.15) is 49.9 Å². The molecule has 0 atom stereocenters. The molecule has 0 N–H and O–H groups in total. The van der Waals surface area contributed by atoms with Gasteiger partial charge in [0, 0.05) is 0 Å². The second kappa shape index (κ2) is 7.76. The van der Waals surface area contributed by atoms with Crippen LogP contribution in [0, 0.1) is 0 Å². The van der Waals surface area contributed by atoms with Crippen molar-refractivity contribution in [3.63, 3.8) is 0 Å². The standard InChI is InChI=1S/C20H27P/c1-5-15-11-9-13-19(17(15)7-3)21-20-14-10-12-16(6-2)18(20)8-4/h9-14,21H,5-8H2,1-4H3. The first-order valence-corrected chi connectivity index (χ1v) is 9.23. The van der Waals surface area contributed by atoms with Gasteiger partial charge in [0.05, 0.1) is 0 Å². The Balaban J connectivity index is 2.43. The molecule has 0 amide bonds. The van der Waals surface area contributed by atoms with Gasteiger partial charge in [-0.1, -0.05) is 72.7 Å². The molecule has 0 heterocycles. The third-order valence-electron chi connectivity index (χ3n) is 4.28. The van der Waals surface area contributed by atoms with Crippen LogP contribution in [0.4, 0.5) is 0 Å². The minimum atomic E-state index is 0.787. The smallest absolute Gasteiger partial charge is 0.0192 e. The molecule has 0 nitrogen and oxygen atoms in total. The lowest BCUT2D eigenvalue weighted by Gasteiger charge is -2.16. The topological polar surface area (TPSA) is 0 Å². The highest BCUT2D eigenvalue weighted by Crippen LogP contribution is 2.22. The summed E-state index contributed by atoms with van der Waals surface area (Å²) in [6.07, 6.45) is 4.55. The maximum absolute atomic E-state index is 2.33. The van der Waals surface area contributed by atoms with Gasteiger partial charge in [0.2, 0.25) is 0 Å². The molecular weight excluding hydrogens is 271 g/mol. The van der Waals surface area contributed by atoms with E-state index in [2.05, 4.69) is 64.1 Å². The van der Waals surface area contributed by atoms with Gasteiger partial charge < -0.3 is 0 Å². The number of benzene rings is 2. The molecule has 0 saturated carbocycles. The van der Waals surface area contributed by atoms with Crippen molar-refractivity contribution in [2.24, 2.45) is 0 Å². The molecule has 2 aromatic rings. The zero-order valence-corrected chi connectivity index (χ0v) is 14.8. The van der Waals surface area contributed by atoms with E-state index < -0.39 is 0 Å². The van der Waals surface area contributed by atoms with Gasteiger partial charge in [0.25, 0.3) is 0 Å². The number of hydrogen-bond donors (Lipinski definition) is 0. The minimum absolute atomic E-state index is 0.787. The van der Waals surface area contributed by atoms with Crippen molar-refractivity contribution in [2.45, 2.75) is 53.4 Å². The SMILES string of the molecule is CCc1cccc(Pc2cccc(CC)c2CC)c1CC. The third-order valence-corrected chi connectivity index (χ3v) is 5.76. The fourth-order valence-electron chi connectivity index (χ4n) is 3.15. The number of rotatable bonds is 6. The molecule has 2 rings (SSSR count). The zero-order chi connectivity index (χ0) is 15.2. The summed E-state index contributed by atoms with van der Waals surface area (Å²) in [6, 6.07) is 13.7. The van der Waals surface area contributed by atoms with Crippen LogP contribution < -0.4 is 10.6 Å². The van der Waals surface area contributed by atoms with Crippen LogP contribution in [0.3, 0.4) is 0 Å². The number of hydrogen-bond acceptors (Lipinski definition) is 0. The lowest BCUT2D eigenvalue weighted by molar-refractivity contribution is 1.04. The van der Waals surface area contributed by atoms with Crippen molar-refractivity contribution in [1.82, 2.24) is 0 Å². The quantitative estimate of drug-likeness (QED) is 0.686. The Hall–Kier alpha value is -1.13. The maximum atomic E-state index is 2.33. The first-order chi connectivity index (χ1) is 10.2. The molecule has 0 unspecified atom stereocenters. The molecule has 21 heavy (non-hydrogen) atoms. The average Bonchev–Trinajstić information content (AvgIpc) is 2.54. The van der Waals surface area contributed by atoms with Gasteiger partial charge in [-0.05, 0) is 58.5 Å². The Kier molecular flexibility index (Phi) is 6.00. The molecule has 0 aliphatic heterocycles. The molecule has 2 aromatic carbocycles. The van der Waals surface area contributed by atoms with Crippen molar-refractivity contribution in [2.75, 3.05) is 0 Å². The molecule has 0 radical (unpaired) electrons. The van der Waals surface area contributed by atoms with Gasteiger partial charge in [0.1, 0.15) is 0 Å². The highest BCUT2D eigenvalue weighted by Gasteiger charge is 2.10. The monoisotopic (exact) mass is 298 g/mol. The van der Waals surface area contributed by atoms with Gasteiger partial charge in [-0.15, -0.1) is 0 Å². The second-order valence-corrected chi connectivity index (χ2v) is 6.75. The van der Waals surface area contributed by atoms with E-state index >= 15 is 0 Å². The van der Waals surface area contributed by atoms with Crippen molar-refractivity contribution < 1.29 is 0 Å². The minimum Gasteiger partial charge on any atom is -0.0613 e. The van der Waals surface area contributed by atoms with E-state index in [-0.39, 0.29) is 0 Å². The predicted molar refractivity (Wildman–Crippen MR) is 98.0 cm³/mol. The summed E-state index contributed by atoms with van der Waals surface area (Å²) in [7, 11) is 0.787. The molecule has 0 aliphatic rings. The Morgan fingerprint density at radius 3 is 1.38 bits per heavy atom. The van der Waals surface area contributed by atoms with E-state index in [1.165, 1.54) is 11.1 Å². The Morgan fingerprint density at radius 1 is 0.619 bits per heavy atom. The van der Waals surface area contributed by atoms with Crippen LogP contribution in [0.15, 0.2) is 36.4 Å². The summed E-state index contributed by atoms with van der Waals surface area (Å²) in [6.45, 7) is 9.09. The summed E-state index contributed by atoms with van der Waals surface area (Å²) >= 11 is 0. The van der Waals surface area contributed by atoms with Gasteiger partial charge >= 0.3 is 0 Å². The van der Waals surface area contributed by atoms with Crippen molar-refractivity contribution in [3.05, 3.63) is 58.7 Å². The molecule has 0 aromatic heterocycles. The fourth-order valence-corrected chi connectivity index (χ4v) is 4.77. The maximum Gasteiger partial charge on any atom is -0.0192 e. The van der Waals surface area contributed by atoms with Crippen LogP contribution in [0.2, 0.25) is 0 Å². The first-order valence-electron chi connectivity index (χ1n) is 8.23. The molecule has 0 aliphatic carbocycles. The number of aryl methyl sites for hydroxylation is 2. The van der Waals surface area contributed by atoms with Crippen LogP contribution >= 0.6 is 8.58 Å². The molecule has 0 bridgehead atoms. The molecule has 0 saturated heterocycles. The van der Waals surface area contributed by atoms with E-state index in [1.54, 1.807) is 21.7 Å². The molecular formula is C20H27P. The second-order valence-electron chi connectivity index (χ2n) is 5.43. The summed E-state index contributed by atoms with van der Waals surface area (Å²) in [5, 5.41) is 3.08. The molecule has 0 fully saturated rings. The lowest BCUT2D eigenvalue weighted by Crippen LogP contribution is -2.15. The van der Waals surface area contributed by atoms with E-state index in [1.807, 2.05) is 0 Å². The van der Waals surface area contributed by atoms with E-state index in [9.17, 15) is 0 Å². The lowest BCUT2D eigenvalue weighted by atomic mass is 10.0. The molecule has 112 valence electrons. The van der Waals surface area contributed by atoms with Crippen LogP contribution in [-0.4, -0.2) is 0 Å². The summed E-state index contributed by atoms with van der Waals surface area (Å²) < 4.78 is 0. The molecule has 0 spiro atoms. The van der Waals surface area contributed by atoms with E-state index in [0.29, 0.717) is 0 Å². The Bertz CT molecular complexity index is 545. The predicted octanol–water partition coefficient (Wildman–Crippen LogP) is 4.57. The Morgan fingerprint density at radius 2 is 1.05 bits per heavy atom. The summed E-state index contributed by atoms with van der Waals surface area (Å²) in [5.41, 5.74) is 6.18. The van der Waals surface area contributed by atoms with E-state index in [4.69, 9.17) is 0 Å². The average molecular weight is 298 g/mol. The fraction of sp³-hybridized carbons (Fsp3) is 0.400. The summed E-state index contributed by atoms with van der Waals surface area (Å²) in [5.74, 6) is 0. The largest absolute Gasteiger partial charge is 0.0613 e. The van der Waals surface area contributed by atoms with Crippen molar-refractivity contribution in [1.29, 1.82) is 0 Å². The van der Waals surface area contributed by atoms with Gasteiger partial charge in [-0.25, -0.2) is 0 Å². The van der Waals surface area contributed by atoms with Gasteiger partial charge in [0.15, 0.2) is 0 Å². The van der Waals surface area contributed by atoms with Gasteiger partial charge in [-0.3, -0.25) is 0 Å². The normalized spacial score (nSPS) is 10.9. The molecule has 1 heteroatoms. The summed E-state index contributed by atoms with van der Waals surface area (Å²) in [4.78, 5) is 0. The highest BCUT2D eigenvalue weighted by molar-refractivity contribution is 7.55. The van der Waals surface area contributed by atoms with Crippen LogP contribution in [0.5, 0.6) is 0 Å².